The molecule has 0 spiro atoms. The van der Waals surface area contributed by atoms with E-state index in [9.17, 15) is 13.2 Å². The molecule has 0 atom stereocenters. The van der Waals surface area contributed by atoms with Gasteiger partial charge in [0.2, 0.25) is 10.0 Å². The first-order valence-corrected chi connectivity index (χ1v) is 11.1. The number of carbonyl (C=O) groups is 1. The second-order valence-electron chi connectivity index (χ2n) is 6.52. The molecular weight excluding hydrogens is 448 g/mol. The molecular formula is C20H23ClN2O7S. The maximum atomic E-state index is 13.0. The summed E-state index contributed by atoms with van der Waals surface area (Å²) in [4.78, 5) is 13.0. The van der Waals surface area contributed by atoms with Gasteiger partial charge in [-0.05, 0) is 18.2 Å². The van der Waals surface area contributed by atoms with Gasteiger partial charge >= 0.3 is 0 Å². The lowest BCUT2D eigenvalue weighted by atomic mass is 10.1. The Morgan fingerprint density at radius 3 is 2.23 bits per heavy atom. The molecule has 9 nitrogen and oxygen atoms in total. The average Bonchev–Trinajstić information content (AvgIpc) is 2.80. The second-order valence-corrected chi connectivity index (χ2v) is 8.86. The summed E-state index contributed by atoms with van der Waals surface area (Å²) >= 11 is 6.25. The van der Waals surface area contributed by atoms with E-state index in [4.69, 9.17) is 30.5 Å². The van der Waals surface area contributed by atoms with Crippen LogP contribution in [0, 0.1) is 0 Å². The highest BCUT2D eigenvalue weighted by atomic mass is 35.5. The van der Waals surface area contributed by atoms with Gasteiger partial charge in [0.05, 0.1) is 55.7 Å². The molecule has 1 N–H and O–H groups in total. The van der Waals surface area contributed by atoms with Crippen LogP contribution in [0.15, 0.2) is 35.2 Å². The number of hydrogen-bond donors (Lipinski definition) is 1. The standard InChI is InChI=1S/C20H23ClN2O7S/c1-27-17-5-4-13(31(25,26)23-6-8-30-9-7-23)10-14(17)20(24)22-16-12-19(29-3)18(28-2)11-15(16)21/h4-5,10-12H,6-9H2,1-3H3,(H,22,24). The van der Waals surface area contributed by atoms with Crippen LogP contribution in [-0.2, 0) is 14.8 Å². The van der Waals surface area contributed by atoms with Crippen molar-refractivity contribution in [3.05, 3.63) is 40.9 Å². The molecule has 0 aromatic heterocycles. The zero-order valence-corrected chi connectivity index (χ0v) is 18.9. The van der Waals surface area contributed by atoms with Crippen molar-refractivity contribution in [2.75, 3.05) is 52.9 Å². The van der Waals surface area contributed by atoms with Crippen molar-refractivity contribution in [3.63, 3.8) is 0 Å². The fourth-order valence-electron chi connectivity index (χ4n) is 3.10. The number of morpholine rings is 1. The first kappa shape index (κ1) is 23.1. The van der Waals surface area contributed by atoms with Crippen LogP contribution in [0.5, 0.6) is 17.2 Å². The lowest BCUT2D eigenvalue weighted by Crippen LogP contribution is -2.40. The maximum absolute atomic E-state index is 13.0. The number of hydrogen-bond acceptors (Lipinski definition) is 7. The second kappa shape index (κ2) is 9.73. The number of sulfonamides is 1. The van der Waals surface area contributed by atoms with Crippen molar-refractivity contribution in [1.82, 2.24) is 4.31 Å². The van der Waals surface area contributed by atoms with Gasteiger partial charge in [-0.25, -0.2) is 8.42 Å². The van der Waals surface area contributed by atoms with Gasteiger partial charge in [0.15, 0.2) is 11.5 Å². The lowest BCUT2D eigenvalue weighted by Gasteiger charge is -2.26. The van der Waals surface area contributed by atoms with Crippen LogP contribution in [0.1, 0.15) is 10.4 Å². The fraction of sp³-hybridized carbons (Fsp3) is 0.350. The van der Waals surface area contributed by atoms with E-state index in [-0.39, 0.29) is 40.0 Å². The van der Waals surface area contributed by atoms with Gasteiger partial charge < -0.3 is 24.3 Å². The van der Waals surface area contributed by atoms with Crippen molar-refractivity contribution >= 4 is 33.2 Å². The summed E-state index contributed by atoms with van der Waals surface area (Å²) < 4.78 is 48.2. The Kier molecular flexibility index (Phi) is 7.26. The predicted octanol–water partition coefficient (Wildman–Crippen LogP) is 2.64. The topological polar surface area (TPSA) is 103 Å². The number of nitrogens with zero attached hydrogens (tertiary/aromatic N) is 1. The molecule has 0 unspecified atom stereocenters. The van der Waals surface area contributed by atoms with E-state index in [1.54, 1.807) is 0 Å². The molecule has 0 saturated carbocycles. The van der Waals surface area contributed by atoms with E-state index >= 15 is 0 Å². The van der Waals surface area contributed by atoms with Crippen LogP contribution in [-0.4, -0.2) is 66.3 Å². The number of benzene rings is 2. The highest BCUT2D eigenvalue weighted by Crippen LogP contribution is 2.36. The summed E-state index contributed by atoms with van der Waals surface area (Å²) in [6.07, 6.45) is 0. The van der Waals surface area contributed by atoms with Crippen molar-refractivity contribution < 1.29 is 32.2 Å². The molecule has 31 heavy (non-hydrogen) atoms. The summed E-state index contributed by atoms with van der Waals surface area (Å²) in [7, 11) is 0.535. The number of halogens is 1. The van der Waals surface area contributed by atoms with Gasteiger partial charge in [0.25, 0.3) is 5.91 Å². The molecule has 1 aliphatic rings. The molecule has 0 aliphatic carbocycles. The van der Waals surface area contributed by atoms with Gasteiger partial charge in [-0.15, -0.1) is 0 Å². The SMILES string of the molecule is COc1cc(Cl)c(NC(=O)c2cc(S(=O)(=O)N3CCOCC3)ccc2OC)cc1OC. The van der Waals surface area contributed by atoms with E-state index in [2.05, 4.69) is 5.32 Å². The summed E-state index contributed by atoms with van der Waals surface area (Å²) in [5.41, 5.74) is 0.315. The van der Waals surface area contributed by atoms with Crippen molar-refractivity contribution in [2.45, 2.75) is 4.90 Å². The molecule has 3 rings (SSSR count). The normalized spacial score (nSPS) is 14.7. The molecule has 0 bridgehead atoms. The summed E-state index contributed by atoms with van der Waals surface area (Å²) in [5, 5.41) is 2.89. The van der Waals surface area contributed by atoms with Gasteiger partial charge in [-0.1, -0.05) is 11.6 Å². The van der Waals surface area contributed by atoms with Crippen LogP contribution >= 0.6 is 11.6 Å². The van der Waals surface area contributed by atoms with Crippen LogP contribution < -0.4 is 19.5 Å². The smallest absolute Gasteiger partial charge is 0.259 e. The van der Waals surface area contributed by atoms with E-state index in [1.165, 1.54) is 56.0 Å². The Morgan fingerprint density at radius 2 is 1.61 bits per heavy atom. The average molecular weight is 471 g/mol. The van der Waals surface area contributed by atoms with Crippen LogP contribution in [0.2, 0.25) is 5.02 Å². The molecule has 1 fully saturated rings. The van der Waals surface area contributed by atoms with E-state index < -0.39 is 15.9 Å². The molecule has 0 radical (unpaired) electrons. The maximum Gasteiger partial charge on any atom is 0.259 e. The van der Waals surface area contributed by atoms with E-state index in [1.807, 2.05) is 0 Å². The number of amides is 1. The molecule has 1 heterocycles. The summed E-state index contributed by atoms with van der Waals surface area (Å²) in [6, 6.07) is 7.16. The Morgan fingerprint density at radius 1 is 1.00 bits per heavy atom. The highest BCUT2D eigenvalue weighted by Gasteiger charge is 2.28. The number of nitrogens with one attached hydrogen (secondary N) is 1. The lowest BCUT2D eigenvalue weighted by molar-refractivity contribution is 0.0730. The number of carbonyl (C=O) groups excluding carboxylic acids is 1. The number of ether oxygens (including phenoxy) is 4. The summed E-state index contributed by atoms with van der Waals surface area (Å²) in [6.45, 7) is 1.13. The molecule has 11 heteroatoms. The van der Waals surface area contributed by atoms with Gasteiger partial charge in [0, 0.05) is 25.2 Å². The Labute approximate surface area is 185 Å². The van der Waals surface area contributed by atoms with Gasteiger partial charge in [0.1, 0.15) is 5.75 Å². The van der Waals surface area contributed by atoms with Crippen LogP contribution in [0.4, 0.5) is 5.69 Å². The third-order valence-electron chi connectivity index (χ3n) is 4.74. The van der Waals surface area contributed by atoms with Gasteiger partial charge in [-0.2, -0.15) is 4.31 Å². The molecule has 168 valence electrons. The largest absolute Gasteiger partial charge is 0.496 e. The minimum Gasteiger partial charge on any atom is -0.496 e. The Bertz CT molecular complexity index is 1070. The zero-order valence-electron chi connectivity index (χ0n) is 17.3. The monoisotopic (exact) mass is 470 g/mol. The molecule has 1 amide bonds. The van der Waals surface area contributed by atoms with Crippen molar-refractivity contribution in [1.29, 1.82) is 0 Å². The summed E-state index contributed by atoms with van der Waals surface area (Å²) in [5.74, 6) is 0.402. The minimum atomic E-state index is -3.79. The first-order valence-electron chi connectivity index (χ1n) is 9.30. The fourth-order valence-corrected chi connectivity index (χ4v) is 4.74. The van der Waals surface area contributed by atoms with Crippen molar-refractivity contribution in [3.8, 4) is 17.2 Å². The van der Waals surface area contributed by atoms with E-state index in [0.717, 1.165) is 0 Å². The highest BCUT2D eigenvalue weighted by molar-refractivity contribution is 7.89. The van der Waals surface area contributed by atoms with Crippen molar-refractivity contribution in [2.24, 2.45) is 0 Å². The third kappa shape index (κ3) is 4.87. The molecule has 1 aliphatic heterocycles. The Hall–Kier alpha value is -2.53. The Balaban J connectivity index is 1.95. The first-order chi connectivity index (χ1) is 14.8. The predicted molar refractivity (Wildman–Crippen MR) is 115 cm³/mol. The van der Waals surface area contributed by atoms with Gasteiger partial charge in [-0.3, -0.25) is 4.79 Å². The molecule has 1 saturated heterocycles. The van der Waals surface area contributed by atoms with E-state index in [0.29, 0.717) is 24.7 Å². The number of rotatable bonds is 7. The molecule has 2 aromatic rings. The zero-order chi connectivity index (χ0) is 22.6. The minimum absolute atomic E-state index is 0.0150. The number of methoxy groups -OCH3 is 3. The number of anilines is 1. The van der Waals surface area contributed by atoms with Crippen LogP contribution in [0.3, 0.4) is 0 Å². The molecule has 2 aromatic carbocycles. The van der Waals surface area contributed by atoms with Crippen LogP contribution in [0.25, 0.3) is 0 Å². The quantitative estimate of drug-likeness (QED) is 0.663. The third-order valence-corrected chi connectivity index (χ3v) is 6.95.